The lowest BCUT2D eigenvalue weighted by atomic mass is 10.1. The average molecular weight is 244 g/mol. The monoisotopic (exact) mass is 243 g/mol. The molecule has 0 N–H and O–H groups in total. The zero-order chi connectivity index (χ0) is 12.1. The van der Waals surface area contributed by atoms with E-state index in [4.69, 9.17) is 11.6 Å². The van der Waals surface area contributed by atoms with Gasteiger partial charge in [-0.1, -0.05) is 17.7 Å². The highest BCUT2D eigenvalue weighted by molar-refractivity contribution is 6.30. The molecular formula is C12H15ClFNO. The summed E-state index contributed by atoms with van der Waals surface area (Å²) in [5, 5.41) is 0.0875. The maximum atomic E-state index is 13.1. The van der Waals surface area contributed by atoms with E-state index >= 15 is 0 Å². The van der Waals surface area contributed by atoms with Gasteiger partial charge in [0.1, 0.15) is 11.6 Å². The molecule has 0 aliphatic rings. The summed E-state index contributed by atoms with van der Waals surface area (Å²) in [6, 6.07) is 4.47. The highest BCUT2D eigenvalue weighted by Gasteiger charge is 2.06. The Hall–Kier alpha value is -0.930. The number of carbonyl (C=O) groups is 1. The summed E-state index contributed by atoms with van der Waals surface area (Å²) in [5.41, 5.74) is 0.672. The summed E-state index contributed by atoms with van der Waals surface area (Å²) in [4.78, 5) is 13.5. The van der Waals surface area contributed by atoms with Gasteiger partial charge in [-0.2, -0.15) is 0 Å². The number of hydrogen-bond acceptors (Lipinski definition) is 2. The van der Waals surface area contributed by atoms with Gasteiger partial charge < -0.3 is 4.90 Å². The van der Waals surface area contributed by atoms with Gasteiger partial charge in [0.05, 0.1) is 5.02 Å². The summed E-state index contributed by atoms with van der Waals surface area (Å²) in [6.07, 6.45) is 0.749. The summed E-state index contributed by atoms with van der Waals surface area (Å²) in [5.74, 6) is -0.366. The van der Waals surface area contributed by atoms with Crippen LogP contribution in [0.2, 0.25) is 5.02 Å². The maximum absolute atomic E-state index is 13.1. The van der Waals surface area contributed by atoms with Gasteiger partial charge in [0.25, 0.3) is 0 Å². The highest BCUT2D eigenvalue weighted by Crippen LogP contribution is 2.16. The zero-order valence-corrected chi connectivity index (χ0v) is 10.2. The Morgan fingerprint density at radius 1 is 1.44 bits per heavy atom. The molecule has 0 aliphatic heterocycles. The van der Waals surface area contributed by atoms with E-state index in [-0.39, 0.29) is 17.2 Å². The van der Waals surface area contributed by atoms with Gasteiger partial charge in [-0.3, -0.25) is 4.79 Å². The molecule has 16 heavy (non-hydrogen) atoms. The molecule has 0 amide bonds. The lowest BCUT2D eigenvalue weighted by molar-refractivity contribution is -0.118. The first-order valence-corrected chi connectivity index (χ1v) is 5.47. The van der Waals surface area contributed by atoms with E-state index < -0.39 is 5.82 Å². The van der Waals surface area contributed by atoms with Crippen molar-refractivity contribution >= 4 is 17.4 Å². The standard InChI is InChI=1S/C12H15ClFNO/c1-15(2)6-5-10(16)7-9-3-4-11(13)12(14)8-9/h3-4,8H,5-7H2,1-2H3. The van der Waals surface area contributed by atoms with Crippen LogP contribution < -0.4 is 0 Å². The first kappa shape index (κ1) is 13.1. The van der Waals surface area contributed by atoms with Crippen molar-refractivity contribution < 1.29 is 9.18 Å². The minimum absolute atomic E-state index is 0.0875. The number of benzene rings is 1. The van der Waals surface area contributed by atoms with Crippen molar-refractivity contribution in [2.24, 2.45) is 0 Å². The molecule has 0 bridgehead atoms. The summed E-state index contributed by atoms with van der Waals surface area (Å²) in [7, 11) is 3.82. The number of hydrogen-bond donors (Lipinski definition) is 0. The number of carbonyl (C=O) groups excluding carboxylic acids is 1. The second-order valence-corrected chi connectivity index (χ2v) is 4.42. The molecule has 0 aliphatic carbocycles. The van der Waals surface area contributed by atoms with Crippen LogP contribution >= 0.6 is 11.6 Å². The van der Waals surface area contributed by atoms with Crippen molar-refractivity contribution in [1.29, 1.82) is 0 Å². The molecule has 0 saturated heterocycles. The van der Waals surface area contributed by atoms with Crippen LogP contribution in [0, 0.1) is 5.82 Å². The number of Topliss-reactive ketones (excluding diaryl/α,β-unsaturated/α-hetero) is 1. The van der Waals surface area contributed by atoms with Crippen molar-refractivity contribution in [2.75, 3.05) is 20.6 Å². The molecule has 0 heterocycles. The van der Waals surface area contributed by atoms with Gasteiger partial charge in [0.15, 0.2) is 0 Å². The van der Waals surface area contributed by atoms with Gasteiger partial charge in [-0.05, 0) is 31.8 Å². The van der Waals surface area contributed by atoms with E-state index in [1.54, 1.807) is 6.07 Å². The summed E-state index contributed by atoms with van der Waals surface area (Å²) < 4.78 is 13.1. The van der Waals surface area contributed by atoms with Crippen LogP contribution in [0.25, 0.3) is 0 Å². The topological polar surface area (TPSA) is 20.3 Å². The quantitative estimate of drug-likeness (QED) is 0.792. The van der Waals surface area contributed by atoms with Crippen molar-refractivity contribution in [3.8, 4) is 0 Å². The zero-order valence-electron chi connectivity index (χ0n) is 9.46. The minimum Gasteiger partial charge on any atom is -0.309 e. The third-order valence-electron chi connectivity index (χ3n) is 2.22. The molecule has 4 heteroatoms. The lowest BCUT2D eigenvalue weighted by Crippen LogP contribution is -2.17. The maximum Gasteiger partial charge on any atom is 0.142 e. The van der Waals surface area contributed by atoms with E-state index in [2.05, 4.69) is 0 Å². The molecule has 0 radical (unpaired) electrons. The molecule has 0 atom stereocenters. The second kappa shape index (κ2) is 5.97. The molecule has 0 fully saturated rings. The normalized spacial score (nSPS) is 10.8. The Kier molecular flexibility index (Phi) is 4.90. The lowest BCUT2D eigenvalue weighted by Gasteiger charge is -2.08. The van der Waals surface area contributed by atoms with E-state index in [1.165, 1.54) is 12.1 Å². The Balaban J connectivity index is 2.53. The predicted molar refractivity (Wildman–Crippen MR) is 63.3 cm³/mol. The molecule has 0 aromatic heterocycles. The molecule has 1 rings (SSSR count). The molecule has 0 spiro atoms. The van der Waals surface area contributed by atoms with Crippen molar-refractivity contribution in [1.82, 2.24) is 4.90 Å². The Labute approximate surface area is 100 Å². The fourth-order valence-corrected chi connectivity index (χ4v) is 1.43. The van der Waals surface area contributed by atoms with E-state index in [0.29, 0.717) is 12.0 Å². The third-order valence-corrected chi connectivity index (χ3v) is 2.53. The van der Waals surface area contributed by atoms with Crippen LogP contribution in [0.1, 0.15) is 12.0 Å². The van der Waals surface area contributed by atoms with Crippen molar-refractivity contribution in [3.05, 3.63) is 34.6 Å². The van der Waals surface area contributed by atoms with Gasteiger partial charge in [0, 0.05) is 19.4 Å². The first-order valence-electron chi connectivity index (χ1n) is 5.09. The summed E-state index contributed by atoms with van der Waals surface area (Å²) >= 11 is 5.55. The smallest absolute Gasteiger partial charge is 0.142 e. The Bertz CT molecular complexity index is 379. The fourth-order valence-electron chi connectivity index (χ4n) is 1.31. The molecular weight excluding hydrogens is 229 g/mol. The van der Waals surface area contributed by atoms with Crippen molar-refractivity contribution in [3.63, 3.8) is 0 Å². The van der Waals surface area contributed by atoms with Crippen LogP contribution in [0.3, 0.4) is 0 Å². The van der Waals surface area contributed by atoms with Crippen LogP contribution in [0.15, 0.2) is 18.2 Å². The van der Waals surface area contributed by atoms with Crippen LogP contribution in [-0.4, -0.2) is 31.3 Å². The Morgan fingerprint density at radius 2 is 2.12 bits per heavy atom. The van der Waals surface area contributed by atoms with Crippen LogP contribution in [-0.2, 0) is 11.2 Å². The largest absolute Gasteiger partial charge is 0.309 e. The minimum atomic E-state index is -0.473. The molecule has 88 valence electrons. The van der Waals surface area contributed by atoms with Crippen LogP contribution in [0.4, 0.5) is 4.39 Å². The molecule has 1 aromatic carbocycles. The molecule has 0 unspecified atom stereocenters. The van der Waals surface area contributed by atoms with Crippen molar-refractivity contribution in [2.45, 2.75) is 12.8 Å². The van der Waals surface area contributed by atoms with Gasteiger partial charge in [-0.15, -0.1) is 0 Å². The fraction of sp³-hybridized carbons (Fsp3) is 0.417. The highest BCUT2D eigenvalue weighted by atomic mass is 35.5. The molecule has 2 nitrogen and oxygen atoms in total. The summed E-state index contributed by atoms with van der Waals surface area (Å²) in [6.45, 7) is 0.717. The number of nitrogens with zero attached hydrogens (tertiary/aromatic N) is 1. The average Bonchev–Trinajstić information content (AvgIpc) is 2.21. The Morgan fingerprint density at radius 3 is 2.69 bits per heavy atom. The molecule has 0 saturated carbocycles. The van der Waals surface area contributed by atoms with E-state index in [1.807, 2.05) is 19.0 Å². The van der Waals surface area contributed by atoms with Gasteiger partial charge >= 0.3 is 0 Å². The SMILES string of the molecule is CN(C)CCC(=O)Cc1ccc(Cl)c(F)c1. The van der Waals surface area contributed by atoms with E-state index in [9.17, 15) is 9.18 Å². The number of halogens is 2. The van der Waals surface area contributed by atoms with Gasteiger partial charge in [-0.25, -0.2) is 4.39 Å². The van der Waals surface area contributed by atoms with E-state index in [0.717, 1.165) is 6.54 Å². The predicted octanol–water partition coefficient (Wildman–Crippen LogP) is 2.54. The third kappa shape index (κ3) is 4.29. The second-order valence-electron chi connectivity index (χ2n) is 4.02. The molecule has 1 aromatic rings. The van der Waals surface area contributed by atoms with Gasteiger partial charge in [0.2, 0.25) is 0 Å². The number of rotatable bonds is 5. The van der Waals surface area contributed by atoms with Crippen LogP contribution in [0.5, 0.6) is 0 Å². The first-order chi connectivity index (χ1) is 7.49. The number of ketones is 1.